The molecule has 0 amide bonds. The Morgan fingerprint density at radius 1 is 1.67 bits per heavy atom. The minimum absolute atomic E-state index is 0.365. The molecule has 0 aromatic carbocycles. The Kier molecular flexibility index (Phi) is 2.38. The van der Waals surface area contributed by atoms with Gasteiger partial charge in [0.05, 0.1) is 17.8 Å². The average molecular weight is 169 g/mol. The van der Waals surface area contributed by atoms with Crippen LogP contribution in [0.2, 0.25) is 0 Å². The summed E-state index contributed by atoms with van der Waals surface area (Å²) in [5.41, 5.74) is 0.365. The van der Waals surface area contributed by atoms with Crippen LogP contribution >= 0.6 is 0 Å². The highest BCUT2D eigenvalue weighted by Crippen LogP contribution is 2.11. The fourth-order valence-electron chi connectivity index (χ4n) is 0.770. The summed E-state index contributed by atoms with van der Waals surface area (Å²) >= 11 is 0. The summed E-state index contributed by atoms with van der Waals surface area (Å²) in [4.78, 5) is 14.1. The molecule has 0 radical (unpaired) electrons. The molecule has 0 saturated carbocycles. The lowest BCUT2D eigenvalue weighted by Crippen LogP contribution is -2.08. The Morgan fingerprint density at radius 2 is 2.33 bits per heavy atom. The standard InChI is InChI=1S/C8H8FNO2/c1-5(8(11)12)7-3-2-6(9)4-10-7/h2-5H,1H3,(H,11,12)/t5-/m1/s1. The molecule has 1 aromatic heterocycles. The van der Waals surface area contributed by atoms with Crippen molar-refractivity contribution in [2.75, 3.05) is 0 Å². The highest BCUT2D eigenvalue weighted by Gasteiger charge is 2.14. The lowest BCUT2D eigenvalue weighted by molar-refractivity contribution is -0.138. The summed E-state index contributed by atoms with van der Waals surface area (Å²) in [6, 6.07) is 2.57. The highest BCUT2D eigenvalue weighted by molar-refractivity contribution is 5.74. The van der Waals surface area contributed by atoms with Gasteiger partial charge in [0.1, 0.15) is 5.82 Å². The Labute approximate surface area is 68.9 Å². The first kappa shape index (κ1) is 8.64. The maximum Gasteiger partial charge on any atom is 0.312 e. The molecule has 1 atom stereocenters. The molecular formula is C8H8FNO2. The summed E-state index contributed by atoms with van der Waals surface area (Å²) < 4.78 is 12.3. The van der Waals surface area contributed by atoms with Gasteiger partial charge in [-0.1, -0.05) is 0 Å². The van der Waals surface area contributed by atoms with E-state index >= 15 is 0 Å². The van der Waals surface area contributed by atoms with Gasteiger partial charge in [-0.3, -0.25) is 9.78 Å². The van der Waals surface area contributed by atoms with Crippen LogP contribution in [-0.4, -0.2) is 16.1 Å². The third kappa shape index (κ3) is 1.78. The Morgan fingerprint density at radius 3 is 2.75 bits per heavy atom. The largest absolute Gasteiger partial charge is 0.481 e. The van der Waals surface area contributed by atoms with Crippen molar-refractivity contribution in [3.05, 3.63) is 29.8 Å². The average Bonchev–Trinajstić information content (AvgIpc) is 2.04. The summed E-state index contributed by atoms with van der Waals surface area (Å²) in [7, 11) is 0. The molecule has 0 unspecified atom stereocenters. The monoisotopic (exact) mass is 169 g/mol. The van der Waals surface area contributed by atoms with E-state index in [4.69, 9.17) is 5.11 Å². The van der Waals surface area contributed by atoms with E-state index in [-0.39, 0.29) is 0 Å². The Balaban J connectivity index is 2.89. The number of hydrogen-bond acceptors (Lipinski definition) is 2. The molecule has 0 aliphatic heterocycles. The minimum atomic E-state index is -0.964. The molecule has 0 spiro atoms. The first-order valence-electron chi connectivity index (χ1n) is 3.45. The van der Waals surface area contributed by atoms with Crippen molar-refractivity contribution >= 4 is 5.97 Å². The van der Waals surface area contributed by atoms with E-state index in [0.29, 0.717) is 5.69 Å². The molecule has 0 aliphatic carbocycles. The molecule has 0 bridgehead atoms. The van der Waals surface area contributed by atoms with Crippen LogP contribution in [0.5, 0.6) is 0 Å². The zero-order valence-corrected chi connectivity index (χ0v) is 6.49. The quantitative estimate of drug-likeness (QED) is 0.728. The predicted octanol–water partition coefficient (Wildman–Crippen LogP) is 1.41. The molecule has 3 nitrogen and oxygen atoms in total. The van der Waals surface area contributed by atoms with Gasteiger partial charge in [-0.25, -0.2) is 4.39 Å². The SMILES string of the molecule is C[C@@H](C(=O)O)c1ccc(F)cn1. The topological polar surface area (TPSA) is 50.2 Å². The van der Waals surface area contributed by atoms with Gasteiger partial charge >= 0.3 is 5.97 Å². The van der Waals surface area contributed by atoms with E-state index in [1.807, 2.05) is 0 Å². The van der Waals surface area contributed by atoms with E-state index in [9.17, 15) is 9.18 Å². The second-order valence-electron chi connectivity index (χ2n) is 2.46. The molecule has 64 valence electrons. The van der Waals surface area contributed by atoms with Crippen LogP contribution in [0, 0.1) is 5.82 Å². The van der Waals surface area contributed by atoms with Crippen LogP contribution in [0.3, 0.4) is 0 Å². The number of pyridine rings is 1. The number of nitrogens with zero attached hydrogens (tertiary/aromatic N) is 1. The molecule has 1 aromatic rings. The lowest BCUT2D eigenvalue weighted by Gasteiger charge is -2.03. The Hall–Kier alpha value is -1.45. The first-order valence-corrected chi connectivity index (χ1v) is 3.45. The van der Waals surface area contributed by atoms with Gasteiger partial charge in [0.15, 0.2) is 0 Å². The predicted molar refractivity (Wildman–Crippen MR) is 40.2 cm³/mol. The van der Waals surface area contributed by atoms with E-state index in [1.165, 1.54) is 19.1 Å². The van der Waals surface area contributed by atoms with Crippen molar-refractivity contribution in [2.24, 2.45) is 0 Å². The van der Waals surface area contributed by atoms with Crippen LogP contribution in [0.25, 0.3) is 0 Å². The van der Waals surface area contributed by atoms with Gasteiger partial charge in [0.25, 0.3) is 0 Å². The molecule has 12 heavy (non-hydrogen) atoms. The normalized spacial score (nSPS) is 12.5. The number of aromatic nitrogens is 1. The smallest absolute Gasteiger partial charge is 0.312 e. The summed E-state index contributed by atoms with van der Waals surface area (Å²) in [6.45, 7) is 1.50. The molecule has 0 aliphatic rings. The van der Waals surface area contributed by atoms with E-state index in [1.54, 1.807) is 0 Å². The number of halogens is 1. The summed E-state index contributed by atoms with van der Waals surface area (Å²) in [5, 5.41) is 8.57. The number of rotatable bonds is 2. The molecule has 1 heterocycles. The van der Waals surface area contributed by atoms with Gasteiger partial charge in [0.2, 0.25) is 0 Å². The van der Waals surface area contributed by atoms with E-state index in [0.717, 1.165) is 6.20 Å². The lowest BCUT2D eigenvalue weighted by atomic mass is 10.1. The second kappa shape index (κ2) is 3.30. The molecule has 0 saturated heterocycles. The number of carboxylic acids is 1. The maximum absolute atomic E-state index is 12.3. The zero-order chi connectivity index (χ0) is 9.14. The van der Waals surface area contributed by atoms with Crippen LogP contribution in [0.1, 0.15) is 18.5 Å². The number of carbonyl (C=O) groups is 1. The van der Waals surface area contributed by atoms with E-state index < -0.39 is 17.7 Å². The minimum Gasteiger partial charge on any atom is -0.481 e. The second-order valence-corrected chi connectivity index (χ2v) is 2.46. The summed E-state index contributed by atoms with van der Waals surface area (Å²) in [5.74, 6) is -2.11. The van der Waals surface area contributed by atoms with Crippen molar-refractivity contribution in [3.63, 3.8) is 0 Å². The van der Waals surface area contributed by atoms with Gasteiger partial charge < -0.3 is 5.11 Å². The van der Waals surface area contributed by atoms with Gasteiger partial charge in [-0.15, -0.1) is 0 Å². The van der Waals surface area contributed by atoms with Crippen LogP contribution in [0.15, 0.2) is 18.3 Å². The van der Waals surface area contributed by atoms with Crippen molar-refractivity contribution in [1.82, 2.24) is 4.98 Å². The summed E-state index contributed by atoms with van der Waals surface area (Å²) in [6.07, 6.45) is 1.01. The van der Waals surface area contributed by atoms with Crippen LogP contribution in [-0.2, 0) is 4.79 Å². The van der Waals surface area contributed by atoms with Crippen molar-refractivity contribution in [3.8, 4) is 0 Å². The molecule has 1 N–H and O–H groups in total. The Bertz CT molecular complexity index is 284. The number of carboxylic acid groups (broad SMARTS) is 1. The third-order valence-electron chi connectivity index (χ3n) is 1.56. The van der Waals surface area contributed by atoms with Gasteiger partial charge in [0, 0.05) is 0 Å². The first-order chi connectivity index (χ1) is 5.61. The van der Waals surface area contributed by atoms with Gasteiger partial charge in [-0.2, -0.15) is 0 Å². The van der Waals surface area contributed by atoms with E-state index in [2.05, 4.69) is 4.98 Å². The van der Waals surface area contributed by atoms with Crippen molar-refractivity contribution in [2.45, 2.75) is 12.8 Å². The number of hydrogen-bond donors (Lipinski definition) is 1. The highest BCUT2D eigenvalue weighted by atomic mass is 19.1. The maximum atomic E-state index is 12.3. The molecule has 4 heteroatoms. The van der Waals surface area contributed by atoms with Gasteiger partial charge in [-0.05, 0) is 19.1 Å². The zero-order valence-electron chi connectivity index (χ0n) is 6.49. The van der Waals surface area contributed by atoms with Crippen molar-refractivity contribution < 1.29 is 14.3 Å². The fraction of sp³-hybridized carbons (Fsp3) is 0.250. The molecular weight excluding hydrogens is 161 g/mol. The molecule has 1 rings (SSSR count). The fourth-order valence-corrected chi connectivity index (χ4v) is 0.770. The van der Waals surface area contributed by atoms with Crippen molar-refractivity contribution in [1.29, 1.82) is 0 Å². The third-order valence-corrected chi connectivity index (χ3v) is 1.56. The van der Waals surface area contributed by atoms with Crippen LogP contribution < -0.4 is 0 Å². The molecule has 0 fully saturated rings. The van der Waals surface area contributed by atoms with Crippen LogP contribution in [0.4, 0.5) is 4.39 Å². The number of aliphatic carboxylic acids is 1.